The molecule has 1 aromatic carbocycles. The Bertz CT molecular complexity index is 634. The predicted octanol–water partition coefficient (Wildman–Crippen LogP) is 4.42. The summed E-state index contributed by atoms with van der Waals surface area (Å²) in [6.45, 7) is 2.13. The SMILES string of the molecule is CN(C)CCCn1c2c(c3cc(F)ccc31)CCCCC2.Cl. The highest BCUT2D eigenvalue weighted by molar-refractivity contribution is 5.86. The van der Waals surface area contributed by atoms with Crippen molar-refractivity contribution < 1.29 is 4.39 Å². The van der Waals surface area contributed by atoms with Gasteiger partial charge in [-0.1, -0.05) is 6.42 Å². The predicted molar refractivity (Wildman–Crippen MR) is 93.6 cm³/mol. The largest absolute Gasteiger partial charge is 0.344 e. The monoisotopic (exact) mass is 324 g/mol. The summed E-state index contributed by atoms with van der Waals surface area (Å²) in [4.78, 5) is 2.23. The zero-order valence-electron chi connectivity index (χ0n) is 13.6. The van der Waals surface area contributed by atoms with Crippen molar-refractivity contribution in [2.75, 3.05) is 20.6 Å². The molecule has 3 rings (SSSR count). The first-order valence-corrected chi connectivity index (χ1v) is 8.11. The molecular weight excluding hydrogens is 299 g/mol. The van der Waals surface area contributed by atoms with E-state index in [0.717, 1.165) is 37.7 Å². The van der Waals surface area contributed by atoms with Gasteiger partial charge in [0.1, 0.15) is 5.82 Å². The Morgan fingerprint density at radius 2 is 1.91 bits per heavy atom. The fourth-order valence-corrected chi connectivity index (χ4v) is 3.59. The molecule has 1 heterocycles. The first-order valence-electron chi connectivity index (χ1n) is 8.11. The second kappa shape index (κ2) is 7.47. The first-order chi connectivity index (χ1) is 10.2. The van der Waals surface area contributed by atoms with Crippen LogP contribution in [0, 0.1) is 5.82 Å². The molecule has 0 aliphatic heterocycles. The van der Waals surface area contributed by atoms with Crippen molar-refractivity contribution in [1.82, 2.24) is 9.47 Å². The second-order valence-electron chi connectivity index (χ2n) is 6.46. The topological polar surface area (TPSA) is 8.17 Å². The van der Waals surface area contributed by atoms with Crippen molar-refractivity contribution >= 4 is 23.3 Å². The van der Waals surface area contributed by atoms with E-state index in [4.69, 9.17) is 0 Å². The Balaban J connectivity index is 0.00000176. The van der Waals surface area contributed by atoms with Crippen LogP contribution in [0.1, 0.15) is 36.9 Å². The van der Waals surface area contributed by atoms with Crippen LogP contribution in [0.15, 0.2) is 18.2 Å². The molecule has 122 valence electrons. The van der Waals surface area contributed by atoms with E-state index >= 15 is 0 Å². The fourth-order valence-electron chi connectivity index (χ4n) is 3.59. The molecule has 0 bridgehead atoms. The van der Waals surface area contributed by atoms with E-state index in [1.807, 2.05) is 6.07 Å². The summed E-state index contributed by atoms with van der Waals surface area (Å²) >= 11 is 0. The summed E-state index contributed by atoms with van der Waals surface area (Å²) < 4.78 is 16.1. The maximum atomic E-state index is 13.7. The van der Waals surface area contributed by atoms with E-state index in [-0.39, 0.29) is 18.2 Å². The molecule has 0 radical (unpaired) electrons. The third kappa shape index (κ3) is 3.47. The standard InChI is InChI=1S/C18H25FN2.ClH/c1-20(2)11-6-12-21-17-8-5-3-4-7-15(17)16-13-14(19)9-10-18(16)21;/h9-10,13H,3-8,11-12H2,1-2H3;1H. The number of hydrogen-bond acceptors (Lipinski definition) is 1. The van der Waals surface area contributed by atoms with Crippen molar-refractivity contribution in [2.45, 2.75) is 45.1 Å². The van der Waals surface area contributed by atoms with Crippen molar-refractivity contribution in [3.8, 4) is 0 Å². The maximum absolute atomic E-state index is 13.7. The van der Waals surface area contributed by atoms with Gasteiger partial charge in [-0.2, -0.15) is 0 Å². The quantitative estimate of drug-likeness (QED) is 0.756. The molecule has 0 atom stereocenters. The summed E-state index contributed by atoms with van der Waals surface area (Å²) in [6, 6.07) is 5.31. The highest BCUT2D eigenvalue weighted by Crippen LogP contribution is 2.32. The molecule has 0 amide bonds. The molecule has 1 aliphatic carbocycles. The molecule has 0 spiro atoms. The lowest BCUT2D eigenvalue weighted by atomic mass is 10.1. The van der Waals surface area contributed by atoms with Crippen molar-refractivity contribution in [3.05, 3.63) is 35.3 Å². The number of aryl methyl sites for hydroxylation is 2. The average molecular weight is 325 g/mol. The van der Waals surface area contributed by atoms with Crippen LogP contribution in [-0.4, -0.2) is 30.1 Å². The van der Waals surface area contributed by atoms with Gasteiger partial charge < -0.3 is 9.47 Å². The zero-order valence-corrected chi connectivity index (χ0v) is 14.4. The van der Waals surface area contributed by atoms with Crippen molar-refractivity contribution in [3.63, 3.8) is 0 Å². The van der Waals surface area contributed by atoms with Crippen LogP contribution in [-0.2, 0) is 19.4 Å². The maximum Gasteiger partial charge on any atom is 0.123 e. The lowest BCUT2D eigenvalue weighted by Crippen LogP contribution is -2.15. The molecule has 2 nitrogen and oxygen atoms in total. The molecule has 1 aromatic heterocycles. The highest BCUT2D eigenvalue weighted by Gasteiger charge is 2.19. The van der Waals surface area contributed by atoms with Gasteiger partial charge in [-0.3, -0.25) is 0 Å². The van der Waals surface area contributed by atoms with Crippen LogP contribution < -0.4 is 0 Å². The Morgan fingerprint density at radius 1 is 1.14 bits per heavy atom. The van der Waals surface area contributed by atoms with E-state index in [0.29, 0.717) is 0 Å². The number of nitrogens with zero attached hydrogens (tertiary/aromatic N) is 2. The number of fused-ring (bicyclic) bond motifs is 3. The second-order valence-corrected chi connectivity index (χ2v) is 6.46. The van der Waals surface area contributed by atoms with Crippen LogP contribution in [0.3, 0.4) is 0 Å². The molecule has 22 heavy (non-hydrogen) atoms. The molecule has 0 saturated heterocycles. The zero-order chi connectivity index (χ0) is 14.8. The van der Waals surface area contributed by atoms with E-state index in [9.17, 15) is 4.39 Å². The smallest absolute Gasteiger partial charge is 0.123 e. The Labute approximate surface area is 138 Å². The minimum absolute atomic E-state index is 0. The minimum atomic E-state index is -0.111. The summed E-state index contributed by atoms with van der Waals surface area (Å²) in [6.07, 6.45) is 7.19. The lowest BCUT2D eigenvalue weighted by molar-refractivity contribution is 0.386. The number of benzene rings is 1. The lowest BCUT2D eigenvalue weighted by Gasteiger charge is -2.13. The van der Waals surface area contributed by atoms with Crippen LogP contribution >= 0.6 is 12.4 Å². The van der Waals surface area contributed by atoms with Gasteiger partial charge in [0, 0.05) is 23.1 Å². The van der Waals surface area contributed by atoms with E-state index < -0.39 is 0 Å². The average Bonchev–Trinajstić information content (AvgIpc) is 2.62. The molecule has 0 unspecified atom stereocenters. The number of halogens is 2. The molecule has 2 aromatic rings. The van der Waals surface area contributed by atoms with Crippen molar-refractivity contribution in [2.24, 2.45) is 0 Å². The Kier molecular flexibility index (Phi) is 5.87. The van der Waals surface area contributed by atoms with Crippen LogP contribution in [0.4, 0.5) is 4.39 Å². The Hall–Kier alpha value is -1.06. The van der Waals surface area contributed by atoms with Crippen LogP contribution in [0.2, 0.25) is 0 Å². The van der Waals surface area contributed by atoms with Gasteiger partial charge in [-0.25, -0.2) is 4.39 Å². The van der Waals surface area contributed by atoms with Gasteiger partial charge in [0.05, 0.1) is 0 Å². The molecule has 0 saturated carbocycles. The molecule has 0 N–H and O–H groups in total. The van der Waals surface area contributed by atoms with Crippen molar-refractivity contribution in [1.29, 1.82) is 0 Å². The normalized spacial score (nSPS) is 14.7. The van der Waals surface area contributed by atoms with E-state index in [1.165, 1.54) is 36.0 Å². The minimum Gasteiger partial charge on any atom is -0.344 e. The summed E-state index contributed by atoms with van der Waals surface area (Å²) in [5.41, 5.74) is 4.10. The van der Waals surface area contributed by atoms with Gasteiger partial charge >= 0.3 is 0 Å². The summed E-state index contributed by atoms with van der Waals surface area (Å²) in [7, 11) is 4.23. The Morgan fingerprint density at radius 3 is 2.68 bits per heavy atom. The van der Waals surface area contributed by atoms with Gasteiger partial charge in [0.15, 0.2) is 0 Å². The van der Waals surface area contributed by atoms with Crippen LogP contribution in [0.25, 0.3) is 10.9 Å². The van der Waals surface area contributed by atoms with Gasteiger partial charge in [0.25, 0.3) is 0 Å². The van der Waals surface area contributed by atoms with E-state index in [1.54, 1.807) is 12.1 Å². The number of rotatable bonds is 4. The van der Waals surface area contributed by atoms with Gasteiger partial charge in [0.2, 0.25) is 0 Å². The molecule has 0 fully saturated rings. The van der Waals surface area contributed by atoms with Crippen LogP contribution in [0.5, 0.6) is 0 Å². The van der Waals surface area contributed by atoms with E-state index in [2.05, 4.69) is 23.6 Å². The number of hydrogen-bond donors (Lipinski definition) is 0. The third-order valence-electron chi connectivity index (χ3n) is 4.58. The molecule has 1 aliphatic rings. The summed E-state index contributed by atoms with van der Waals surface area (Å²) in [5, 5.41) is 1.15. The highest BCUT2D eigenvalue weighted by atomic mass is 35.5. The summed E-state index contributed by atoms with van der Waals surface area (Å²) in [5.74, 6) is -0.111. The molecule has 4 heteroatoms. The molecular formula is C18H26ClFN2. The third-order valence-corrected chi connectivity index (χ3v) is 4.58. The van der Waals surface area contributed by atoms with Gasteiger partial charge in [-0.05, 0) is 76.5 Å². The first kappa shape index (κ1) is 17.3. The van der Waals surface area contributed by atoms with Gasteiger partial charge in [-0.15, -0.1) is 12.4 Å². The fraction of sp³-hybridized carbons (Fsp3) is 0.556. The number of aromatic nitrogens is 1.